The molecule has 0 bridgehead atoms. The average Bonchev–Trinajstić information content (AvgIpc) is 2.10. The van der Waals surface area contributed by atoms with Crippen LogP contribution in [0.1, 0.15) is 46.0 Å². The Hall–Kier alpha value is -0.330. The maximum atomic E-state index is 10.5. The summed E-state index contributed by atoms with van der Waals surface area (Å²) < 4.78 is 0. The van der Waals surface area contributed by atoms with Gasteiger partial charge in [-0.15, -0.1) is 0 Å². The highest BCUT2D eigenvalue weighted by atomic mass is 16.1. The molecule has 0 aromatic rings. The molecular formula is C10H18O. The Labute approximate surface area is 69.2 Å². The number of hydrogen-bond donors (Lipinski definition) is 0. The standard InChI is InChI=1S/C10H18O/c1-10(2)6-3-4-9(8-11)5-7-10/h8-9H,3-7H2,1-2H3. The summed E-state index contributed by atoms with van der Waals surface area (Å²) in [5, 5.41) is 0. The number of aldehydes is 1. The Morgan fingerprint density at radius 1 is 1.27 bits per heavy atom. The van der Waals surface area contributed by atoms with Gasteiger partial charge >= 0.3 is 0 Å². The van der Waals surface area contributed by atoms with E-state index in [9.17, 15) is 4.79 Å². The van der Waals surface area contributed by atoms with Gasteiger partial charge in [-0.3, -0.25) is 0 Å². The Morgan fingerprint density at radius 3 is 2.64 bits per heavy atom. The van der Waals surface area contributed by atoms with E-state index in [1.807, 2.05) is 0 Å². The van der Waals surface area contributed by atoms with Crippen LogP contribution in [0.25, 0.3) is 0 Å². The summed E-state index contributed by atoms with van der Waals surface area (Å²) in [6, 6.07) is 0. The van der Waals surface area contributed by atoms with Crippen molar-refractivity contribution < 1.29 is 4.79 Å². The molecule has 0 saturated heterocycles. The minimum Gasteiger partial charge on any atom is -0.303 e. The van der Waals surface area contributed by atoms with E-state index in [4.69, 9.17) is 0 Å². The van der Waals surface area contributed by atoms with E-state index in [0.29, 0.717) is 11.3 Å². The van der Waals surface area contributed by atoms with Crippen LogP contribution in [0, 0.1) is 11.3 Å². The molecule has 0 aromatic heterocycles. The van der Waals surface area contributed by atoms with E-state index in [1.54, 1.807) is 0 Å². The molecule has 64 valence electrons. The third kappa shape index (κ3) is 2.64. The van der Waals surface area contributed by atoms with Gasteiger partial charge in [-0.05, 0) is 31.1 Å². The van der Waals surface area contributed by atoms with E-state index < -0.39 is 0 Å². The fourth-order valence-corrected chi connectivity index (χ4v) is 1.82. The fraction of sp³-hybridized carbons (Fsp3) is 0.900. The van der Waals surface area contributed by atoms with Gasteiger partial charge in [-0.2, -0.15) is 0 Å². The highest BCUT2D eigenvalue weighted by Gasteiger charge is 2.23. The predicted octanol–water partition coefficient (Wildman–Crippen LogP) is 2.79. The molecule has 1 unspecified atom stereocenters. The van der Waals surface area contributed by atoms with Crippen molar-refractivity contribution in [3.63, 3.8) is 0 Å². The van der Waals surface area contributed by atoms with Gasteiger partial charge in [-0.1, -0.05) is 20.3 Å². The lowest BCUT2D eigenvalue weighted by Crippen LogP contribution is -2.09. The van der Waals surface area contributed by atoms with Crippen molar-refractivity contribution in [2.45, 2.75) is 46.0 Å². The quantitative estimate of drug-likeness (QED) is 0.419. The maximum absolute atomic E-state index is 10.5. The highest BCUT2D eigenvalue weighted by molar-refractivity contribution is 5.53. The van der Waals surface area contributed by atoms with Crippen LogP contribution in [0.2, 0.25) is 0 Å². The first kappa shape index (κ1) is 8.76. The fourth-order valence-electron chi connectivity index (χ4n) is 1.82. The first-order valence-corrected chi connectivity index (χ1v) is 4.59. The third-order valence-electron chi connectivity index (χ3n) is 2.81. The molecule has 1 aliphatic rings. The first-order valence-electron chi connectivity index (χ1n) is 4.59. The number of rotatable bonds is 1. The lowest BCUT2D eigenvalue weighted by molar-refractivity contribution is -0.111. The van der Waals surface area contributed by atoms with Crippen LogP contribution in [0.15, 0.2) is 0 Å². The molecule has 1 heteroatoms. The average molecular weight is 154 g/mol. The zero-order valence-corrected chi connectivity index (χ0v) is 7.60. The van der Waals surface area contributed by atoms with Crippen molar-refractivity contribution in [3.05, 3.63) is 0 Å². The Balaban J connectivity index is 2.45. The lowest BCUT2D eigenvalue weighted by atomic mass is 9.85. The molecule has 0 heterocycles. The lowest BCUT2D eigenvalue weighted by Gasteiger charge is -2.21. The molecule has 1 nitrogen and oxygen atoms in total. The molecule has 0 aromatic carbocycles. The SMILES string of the molecule is CC1(C)CCCC(C=O)CC1. The van der Waals surface area contributed by atoms with Gasteiger partial charge in [0.1, 0.15) is 6.29 Å². The minimum absolute atomic E-state index is 0.358. The van der Waals surface area contributed by atoms with Crippen molar-refractivity contribution in [1.82, 2.24) is 0 Å². The topological polar surface area (TPSA) is 17.1 Å². The van der Waals surface area contributed by atoms with Gasteiger partial charge in [-0.25, -0.2) is 0 Å². The van der Waals surface area contributed by atoms with E-state index in [-0.39, 0.29) is 0 Å². The molecule has 1 atom stereocenters. The summed E-state index contributed by atoms with van der Waals surface area (Å²) >= 11 is 0. The molecule has 0 aliphatic heterocycles. The number of carbonyl (C=O) groups excluding carboxylic acids is 1. The summed E-state index contributed by atoms with van der Waals surface area (Å²) in [4.78, 5) is 10.5. The molecule has 1 fully saturated rings. The molecule has 11 heavy (non-hydrogen) atoms. The monoisotopic (exact) mass is 154 g/mol. The van der Waals surface area contributed by atoms with Crippen LogP contribution in [-0.2, 0) is 4.79 Å². The Morgan fingerprint density at radius 2 is 2.00 bits per heavy atom. The van der Waals surface area contributed by atoms with Gasteiger partial charge in [0.05, 0.1) is 0 Å². The van der Waals surface area contributed by atoms with Crippen molar-refractivity contribution in [2.24, 2.45) is 11.3 Å². The van der Waals surface area contributed by atoms with E-state index in [1.165, 1.54) is 19.3 Å². The summed E-state index contributed by atoms with van der Waals surface area (Å²) in [5.74, 6) is 0.358. The molecule has 0 spiro atoms. The van der Waals surface area contributed by atoms with E-state index in [0.717, 1.165) is 19.1 Å². The Bertz CT molecular complexity index is 138. The van der Waals surface area contributed by atoms with Gasteiger partial charge in [0.25, 0.3) is 0 Å². The molecule has 1 rings (SSSR count). The molecule has 0 amide bonds. The largest absolute Gasteiger partial charge is 0.303 e. The summed E-state index contributed by atoms with van der Waals surface area (Å²) in [7, 11) is 0. The molecule has 1 saturated carbocycles. The maximum Gasteiger partial charge on any atom is 0.123 e. The zero-order chi connectivity index (χ0) is 8.32. The van der Waals surface area contributed by atoms with Crippen LogP contribution in [0.4, 0.5) is 0 Å². The molecule has 0 N–H and O–H groups in total. The van der Waals surface area contributed by atoms with Crippen LogP contribution < -0.4 is 0 Å². The zero-order valence-electron chi connectivity index (χ0n) is 7.60. The van der Waals surface area contributed by atoms with Crippen LogP contribution in [0.3, 0.4) is 0 Å². The highest BCUT2D eigenvalue weighted by Crippen LogP contribution is 2.35. The van der Waals surface area contributed by atoms with Crippen LogP contribution in [0.5, 0.6) is 0 Å². The second-order valence-electron chi connectivity index (χ2n) is 4.49. The van der Waals surface area contributed by atoms with E-state index >= 15 is 0 Å². The number of hydrogen-bond acceptors (Lipinski definition) is 1. The van der Waals surface area contributed by atoms with Gasteiger partial charge in [0.2, 0.25) is 0 Å². The molecule has 0 radical (unpaired) electrons. The third-order valence-corrected chi connectivity index (χ3v) is 2.81. The van der Waals surface area contributed by atoms with Gasteiger partial charge < -0.3 is 4.79 Å². The second kappa shape index (κ2) is 3.38. The van der Waals surface area contributed by atoms with Crippen LogP contribution in [-0.4, -0.2) is 6.29 Å². The number of carbonyl (C=O) groups is 1. The van der Waals surface area contributed by atoms with Gasteiger partial charge in [0, 0.05) is 5.92 Å². The van der Waals surface area contributed by atoms with Gasteiger partial charge in [0.15, 0.2) is 0 Å². The Kier molecular flexibility index (Phi) is 2.69. The van der Waals surface area contributed by atoms with Crippen molar-refractivity contribution >= 4 is 6.29 Å². The van der Waals surface area contributed by atoms with Crippen molar-refractivity contribution in [2.75, 3.05) is 0 Å². The summed E-state index contributed by atoms with van der Waals surface area (Å²) in [5.41, 5.74) is 0.484. The van der Waals surface area contributed by atoms with Crippen molar-refractivity contribution in [1.29, 1.82) is 0 Å². The summed E-state index contributed by atoms with van der Waals surface area (Å²) in [6.07, 6.45) is 7.11. The minimum atomic E-state index is 0.358. The molecular weight excluding hydrogens is 136 g/mol. The smallest absolute Gasteiger partial charge is 0.123 e. The van der Waals surface area contributed by atoms with Crippen molar-refractivity contribution in [3.8, 4) is 0 Å². The normalized spacial score (nSPS) is 30.9. The predicted molar refractivity (Wildman–Crippen MR) is 46.4 cm³/mol. The van der Waals surface area contributed by atoms with E-state index in [2.05, 4.69) is 13.8 Å². The molecule has 1 aliphatic carbocycles. The van der Waals surface area contributed by atoms with Crippen LogP contribution >= 0.6 is 0 Å². The first-order chi connectivity index (χ1) is 5.14. The second-order valence-corrected chi connectivity index (χ2v) is 4.49. The summed E-state index contributed by atoms with van der Waals surface area (Å²) in [6.45, 7) is 4.61.